The fraction of sp³-hybridized carbons (Fsp3) is 0.250. The van der Waals surface area contributed by atoms with Crippen LogP contribution in [-0.2, 0) is 6.54 Å². The maximum absolute atomic E-state index is 5.72. The monoisotopic (exact) mass is 263 g/mol. The molecular weight excluding hydrogens is 250 g/mol. The van der Waals surface area contributed by atoms with E-state index >= 15 is 0 Å². The molecule has 0 saturated heterocycles. The van der Waals surface area contributed by atoms with Gasteiger partial charge in [0, 0.05) is 19.3 Å². The van der Waals surface area contributed by atoms with E-state index in [1.165, 1.54) is 0 Å². The first-order chi connectivity index (χ1) is 8.78. The number of hydrogen-bond donors (Lipinski definition) is 2. The summed E-state index contributed by atoms with van der Waals surface area (Å²) in [6, 6.07) is 3.94. The Morgan fingerprint density at radius 3 is 2.67 bits per heavy atom. The van der Waals surface area contributed by atoms with Gasteiger partial charge < -0.3 is 10.6 Å². The summed E-state index contributed by atoms with van der Waals surface area (Å²) in [5.41, 5.74) is 1.11. The third-order valence-electron chi connectivity index (χ3n) is 2.25. The molecule has 0 bridgehead atoms. The van der Waals surface area contributed by atoms with Crippen molar-refractivity contribution < 1.29 is 0 Å². The average Bonchev–Trinajstić information content (AvgIpc) is 2.39. The second-order valence-corrected chi connectivity index (χ2v) is 4.09. The maximum atomic E-state index is 5.72. The van der Waals surface area contributed by atoms with Crippen LogP contribution in [0, 0.1) is 0 Å². The van der Waals surface area contributed by atoms with Crippen molar-refractivity contribution in [1.29, 1.82) is 0 Å². The summed E-state index contributed by atoms with van der Waals surface area (Å²) in [6.07, 6.45) is 4.90. The minimum Gasteiger partial charge on any atom is -0.370 e. The lowest BCUT2D eigenvalue weighted by atomic mass is 10.2. The summed E-state index contributed by atoms with van der Waals surface area (Å²) in [6.45, 7) is 3.53. The minimum atomic E-state index is 0.527. The highest BCUT2D eigenvalue weighted by atomic mass is 35.5. The van der Waals surface area contributed by atoms with Gasteiger partial charge in [-0.05, 0) is 24.6 Å². The molecule has 5 nitrogen and oxygen atoms in total. The Labute approximate surface area is 111 Å². The molecule has 0 aromatic carbocycles. The molecule has 0 amide bonds. The smallest absolute Gasteiger partial charge is 0.222 e. The van der Waals surface area contributed by atoms with Gasteiger partial charge in [0.25, 0.3) is 0 Å². The molecule has 6 heteroatoms. The van der Waals surface area contributed by atoms with Gasteiger partial charge in [-0.2, -0.15) is 0 Å². The number of hydrogen-bond acceptors (Lipinski definition) is 5. The fourth-order valence-electron chi connectivity index (χ4n) is 1.45. The second kappa shape index (κ2) is 6.16. The van der Waals surface area contributed by atoms with Gasteiger partial charge >= 0.3 is 0 Å². The molecule has 2 aromatic rings. The van der Waals surface area contributed by atoms with E-state index in [2.05, 4.69) is 25.6 Å². The average molecular weight is 264 g/mol. The summed E-state index contributed by atoms with van der Waals surface area (Å²) in [5, 5.41) is 6.81. The van der Waals surface area contributed by atoms with Crippen molar-refractivity contribution >= 4 is 23.4 Å². The summed E-state index contributed by atoms with van der Waals surface area (Å²) >= 11 is 5.72. The van der Waals surface area contributed by atoms with Crippen LogP contribution in [0.2, 0.25) is 5.02 Å². The Kier molecular flexibility index (Phi) is 4.30. The number of rotatable bonds is 5. The summed E-state index contributed by atoms with van der Waals surface area (Å²) in [5.74, 6) is 1.43. The zero-order valence-electron chi connectivity index (χ0n) is 10.0. The highest BCUT2D eigenvalue weighted by molar-refractivity contribution is 6.30. The molecular formula is C12H14ClN5. The van der Waals surface area contributed by atoms with Crippen molar-refractivity contribution in [2.45, 2.75) is 13.5 Å². The molecule has 2 heterocycles. The number of aromatic nitrogens is 3. The number of anilines is 2. The van der Waals surface area contributed by atoms with E-state index in [0.29, 0.717) is 17.5 Å². The Hall–Kier alpha value is -1.88. The highest BCUT2D eigenvalue weighted by Gasteiger charge is 1.98. The lowest BCUT2D eigenvalue weighted by Crippen LogP contribution is -2.05. The van der Waals surface area contributed by atoms with Crippen LogP contribution in [0.25, 0.3) is 0 Å². The Bertz CT molecular complexity index is 500. The van der Waals surface area contributed by atoms with Crippen molar-refractivity contribution in [3.8, 4) is 0 Å². The molecule has 0 aliphatic heterocycles. The molecule has 0 spiro atoms. The second-order valence-electron chi connectivity index (χ2n) is 3.66. The Morgan fingerprint density at radius 2 is 1.94 bits per heavy atom. The number of pyridine rings is 1. The first kappa shape index (κ1) is 12.6. The van der Waals surface area contributed by atoms with Gasteiger partial charge in [0.2, 0.25) is 5.95 Å². The summed E-state index contributed by atoms with van der Waals surface area (Å²) in [4.78, 5) is 12.3. The van der Waals surface area contributed by atoms with Gasteiger partial charge in [-0.15, -0.1) is 0 Å². The fourth-order valence-corrected chi connectivity index (χ4v) is 1.54. The van der Waals surface area contributed by atoms with Crippen LogP contribution in [0.15, 0.2) is 30.7 Å². The maximum Gasteiger partial charge on any atom is 0.222 e. The molecule has 18 heavy (non-hydrogen) atoms. The highest BCUT2D eigenvalue weighted by Crippen LogP contribution is 2.09. The molecule has 2 aromatic heterocycles. The molecule has 0 fully saturated rings. The third-order valence-corrected chi connectivity index (χ3v) is 2.45. The predicted octanol–water partition coefficient (Wildman–Crippen LogP) is 2.57. The van der Waals surface area contributed by atoms with E-state index in [0.717, 1.165) is 17.9 Å². The van der Waals surface area contributed by atoms with E-state index in [1.54, 1.807) is 18.6 Å². The molecule has 94 valence electrons. The van der Waals surface area contributed by atoms with Crippen LogP contribution in [0.5, 0.6) is 0 Å². The van der Waals surface area contributed by atoms with Gasteiger partial charge in [-0.25, -0.2) is 15.0 Å². The van der Waals surface area contributed by atoms with Crippen LogP contribution < -0.4 is 10.6 Å². The molecule has 0 radical (unpaired) electrons. The van der Waals surface area contributed by atoms with Crippen LogP contribution in [0.4, 0.5) is 11.8 Å². The topological polar surface area (TPSA) is 62.7 Å². The van der Waals surface area contributed by atoms with Crippen molar-refractivity contribution in [1.82, 2.24) is 15.0 Å². The van der Waals surface area contributed by atoms with Gasteiger partial charge in [0.05, 0.1) is 17.4 Å². The molecule has 0 aliphatic carbocycles. The van der Waals surface area contributed by atoms with Crippen molar-refractivity contribution in [3.05, 3.63) is 41.3 Å². The van der Waals surface area contributed by atoms with Crippen LogP contribution >= 0.6 is 11.6 Å². The third kappa shape index (κ3) is 3.56. The molecule has 0 aliphatic rings. The van der Waals surface area contributed by atoms with E-state index < -0.39 is 0 Å². The normalized spacial score (nSPS) is 10.1. The van der Waals surface area contributed by atoms with Gasteiger partial charge in [-0.3, -0.25) is 0 Å². The number of nitrogens with zero attached hydrogens (tertiary/aromatic N) is 3. The van der Waals surface area contributed by atoms with E-state index in [1.807, 2.05) is 19.1 Å². The molecule has 0 unspecified atom stereocenters. The molecule has 2 rings (SSSR count). The van der Waals surface area contributed by atoms with E-state index in [9.17, 15) is 0 Å². The van der Waals surface area contributed by atoms with Gasteiger partial charge in [-0.1, -0.05) is 11.6 Å². The summed E-state index contributed by atoms with van der Waals surface area (Å²) in [7, 11) is 0. The van der Waals surface area contributed by atoms with Gasteiger partial charge in [0.1, 0.15) is 5.82 Å². The quantitative estimate of drug-likeness (QED) is 0.868. The van der Waals surface area contributed by atoms with E-state index in [4.69, 9.17) is 11.6 Å². The predicted molar refractivity (Wildman–Crippen MR) is 72.8 cm³/mol. The molecule has 0 saturated carbocycles. The number of halogens is 1. The largest absolute Gasteiger partial charge is 0.370 e. The van der Waals surface area contributed by atoms with Crippen molar-refractivity contribution in [2.24, 2.45) is 0 Å². The molecule has 2 N–H and O–H groups in total. The Morgan fingerprint density at radius 1 is 1.17 bits per heavy atom. The zero-order valence-corrected chi connectivity index (χ0v) is 10.8. The number of nitrogens with one attached hydrogen (secondary N) is 2. The summed E-state index contributed by atoms with van der Waals surface area (Å²) < 4.78 is 0. The lowest BCUT2D eigenvalue weighted by Gasteiger charge is -2.07. The molecule has 0 atom stereocenters. The Balaban J connectivity index is 1.97. The van der Waals surface area contributed by atoms with Gasteiger partial charge in [0.15, 0.2) is 0 Å². The van der Waals surface area contributed by atoms with Crippen LogP contribution in [-0.4, -0.2) is 21.5 Å². The SMILES string of the molecule is CCNc1cc(CNc2ncc(Cl)cn2)ccn1. The first-order valence-electron chi connectivity index (χ1n) is 5.68. The first-order valence-corrected chi connectivity index (χ1v) is 6.06. The standard InChI is InChI=1S/C12H14ClN5/c1-2-14-11-5-9(3-4-15-11)6-16-12-17-7-10(13)8-18-12/h3-5,7-8H,2,6H2,1H3,(H,14,15)(H,16,17,18). The van der Waals surface area contributed by atoms with E-state index in [-0.39, 0.29) is 0 Å². The van der Waals surface area contributed by atoms with Crippen LogP contribution in [0.1, 0.15) is 12.5 Å². The lowest BCUT2D eigenvalue weighted by molar-refractivity contribution is 1.04. The minimum absolute atomic E-state index is 0.527. The van der Waals surface area contributed by atoms with Crippen molar-refractivity contribution in [2.75, 3.05) is 17.2 Å². The van der Waals surface area contributed by atoms with Crippen molar-refractivity contribution in [3.63, 3.8) is 0 Å². The van der Waals surface area contributed by atoms with Crippen LogP contribution in [0.3, 0.4) is 0 Å². The zero-order chi connectivity index (χ0) is 12.8.